The maximum Gasteiger partial charge on any atom is 0.0143 e. The average Bonchev–Trinajstić information content (AvgIpc) is 2.72. The van der Waals surface area contributed by atoms with Crippen molar-refractivity contribution in [2.75, 3.05) is 19.6 Å². The average molecular weight is 268 g/mol. The lowest BCUT2D eigenvalue weighted by Gasteiger charge is -2.27. The van der Waals surface area contributed by atoms with Crippen molar-refractivity contribution in [3.05, 3.63) is 21.9 Å². The zero-order valence-electron chi connectivity index (χ0n) is 12.5. The molecule has 1 aromatic heterocycles. The molecule has 0 spiro atoms. The maximum atomic E-state index is 5.75. The summed E-state index contributed by atoms with van der Waals surface area (Å²) < 4.78 is 0. The van der Waals surface area contributed by atoms with Gasteiger partial charge in [0, 0.05) is 16.8 Å². The Labute approximate surface area is 116 Å². The highest BCUT2D eigenvalue weighted by Crippen LogP contribution is 2.30. The topological polar surface area (TPSA) is 38.0 Å². The highest BCUT2D eigenvalue weighted by atomic mass is 32.1. The third kappa shape index (κ3) is 4.38. The monoisotopic (exact) mass is 268 g/mol. The second-order valence-corrected chi connectivity index (χ2v) is 7.53. The summed E-state index contributed by atoms with van der Waals surface area (Å²) in [5.41, 5.74) is 7.62. The number of rotatable bonds is 7. The molecule has 0 bridgehead atoms. The van der Waals surface area contributed by atoms with Gasteiger partial charge in [-0.15, -0.1) is 11.3 Å². The summed E-state index contributed by atoms with van der Waals surface area (Å²) >= 11 is 1.86. The Balaban J connectivity index is 2.42. The molecule has 0 aliphatic rings. The van der Waals surface area contributed by atoms with Gasteiger partial charge in [-0.3, -0.25) is 0 Å². The van der Waals surface area contributed by atoms with Crippen molar-refractivity contribution in [2.24, 2.45) is 11.1 Å². The van der Waals surface area contributed by atoms with Crippen molar-refractivity contribution in [1.29, 1.82) is 0 Å². The van der Waals surface area contributed by atoms with Crippen LogP contribution >= 0.6 is 11.3 Å². The minimum Gasteiger partial charge on any atom is -0.330 e. The SMILES string of the molecule is Cc1ccsc1C(C)(C)CNCCC(C)(C)CN. The van der Waals surface area contributed by atoms with E-state index in [0.717, 1.165) is 26.1 Å². The van der Waals surface area contributed by atoms with Gasteiger partial charge in [0.15, 0.2) is 0 Å². The second kappa shape index (κ2) is 6.18. The Hall–Kier alpha value is -0.380. The van der Waals surface area contributed by atoms with E-state index in [1.807, 2.05) is 11.3 Å². The molecule has 0 atom stereocenters. The predicted molar refractivity (Wildman–Crippen MR) is 82.4 cm³/mol. The normalized spacial score (nSPS) is 13.0. The lowest BCUT2D eigenvalue weighted by molar-refractivity contribution is 0.331. The molecule has 0 aliphatic heterocycles. The molecule has 1 aromatic rings. The van der Waals surface area contributed by atoms with E-state index in [1.54, 1.807) is 0 Å². The molecular weight excluding hydrogens is 240 g/mol. The first-order chi connectivity index (χ1) is 8.28. The molecule has 0 saturated heterocycles. The first-order valence-electron chi connectivity index (χ1n) is 6.74. The van der Waals surface area contributed by atoms with E-state index in [-0.39, 0.29) is 10.8 Å². The summed E-state index contributed by atoms with van der Waals surface area (Å²) in [6.45, 7) is 14.1. The van der Waals surface area contributed by atoms with Gasteiger partial charge < -0.3 is 11.1 Å². The highest BCUT2D eigenvalue weighted by molar-refractivity contribution is 7.10. The van der Waals surface area contributed by atoms with Gasteiger partial charge in [0.2, 0.25) is 0 Å². The molecule has 1 rings (SSSR count). The molecule has 3 N–H and O–H groups in total. The van der Waals surface area contributed by atoms with Crippen LogP contribution in [0.2, 0.25) is 0 Å². The fourth-order valence-corrected chi connectivity index (χ4v) is 3.13. The van der Waals surface area contributed by atoms with Crippen LogP contribution in [0.4, 0.5) is 0 Å². The molecule has 3 heteroatoms. The van der Waals surface area contributed by atoms with Crippen LogP contribution in [0.15, 0.2) is 11.4 Å². The van der Waals surface area contributed by atoms with Gasteiger partial charge >= 0.3 is 0 Å². The molecule has 0 aromatic carbocycles. The molecule has 1 heterocycles. The quantitative estimate of drug-likeness (QED) is 0.745. The minimum absolute atomic E-state index is 0.213. The van der Waals surface area contributed by atoms with Crippen LogP contribution in [0.3, 0.4) is 0 Å². The first kappa shape index (κ1) is 15.7. The van der Waals surface area contributed by atoms with Gasteiger partial charge in [0.05, 0.1) is 0 Å². The number of thiophene rings is 1. The summed E-state index contributed by atoms with van der Waals surface area (Å²) in [5, 5.41) is 5.77. The zero-order chi connectivity index (χ0) is 13.8. The van der Waals surface area contributed by atoms with Gasteiger partial charge in [-0.1, -0.05) is 27.7 Å². The predicted octanol–water partition coefficient (Wildman–Crippen LogP) is 3.30. The zero-order valence-corrected chi connectivity index (χ0v) is 13.3. The van der Waals surface area contributed by atoms with E-state index in [2.05, 4.69) is 51.4 Å². The van der Waals surface area contributed by atoms with Crippen molar-refractivity contribution in [2.45, 2.75) is 46.5 Å². The van der Waals surface area contributed by atoms with Crippen LogP contribution in [-0.4, -0.2) is 19.6 Å². The first-order valence-corrected chi connectivity index (χ1v) is 7.62. The third-order valence-electron chi connectivity index (χ3n) is 3.57. The van der Waals surface area contributed by atoms with Crippen LogP contribution in [0.25, 0.3) is 0 Å². The molecule has 0 aliphatic carbocycles. The summed E-state index contributed by atoms with van der Waals surface area (Å²) in [5.74, 6) is 0. The molecule has 0 unspecified atom stereocenters. The van der Waals surface area contributed by atoms with Crippen molar-refractivity contribution in [3.8, 4) is 0 Å². The number of hydrogen-bond donors (Lipinski definition) is 2. The van der Waals surface area contributed by atoms with Crippen LogP contribution in [0.5, 0.6) is 0 Å². The highest BCUT2D eigenvalue weighted by Gasteiger charge is 2.23. The number of nitrogens with one attached hydrogen (secondary N) is 1. The number of hydrogen-bond acceptors (Lipinski definition) is 3. The van der Waals surface area contributed by atoms with Gasteiger partial charge in [-0.05, 0) is 48.9 Å². The van der Waals surface area contributed by atoms with Crippen LogP contribution < -0.4 is 11.1 Å². The third-order valence-corrected chi connectivity index (χ3v) is 4.96. The molecule has 0 fully saturated rings. The molecule has 104 valence electrons. The Morgan fingerprint density at radius 3 is 2.44 bits per heavy atom. The van der Waals surface area contributed by atoms with Crippen LogP contribution in [0.1, 0.15) is 44.6 Å². The minimum atomic E-state index is 0.213. The van der Waals surface area contributed by atoms with E-state index in [4.69, 9.17) is 5.73 Å². The fraction of sp³-hybridized carbons (Fsp3) is 0.733. The van der Waals surface area contributed by atoms with Crippen molar-refractivity contribution in [3.63, 3.8) is 0 Å². The van der Waals surface area contributed by atoms with E-state index in [1.165, 1.54) is 10.4 Å². The van der Waals surface area contributed by atoms with Gasteiger partial charge in [0.1, 0.15) is 0 Å². The molecule has 0 radical (unpaired) electrons. The summed E-state index contributed by atoms with van der Waals surface area (Å²) in [7, 11) is 0. The maximum absolute atomic E-state index is 5.75. The van der Waals surface area contributed by atoms with Crippen LogP contribution in [-0.2, 0) is 5.41 Å². The molecule has 18 heavy (non-hydrogen) atoms. The number of aryl methyl sites for hydroxylation is 1. The van der Waals surface area contributed by atoms with Crippen LogP contribution in [0, 0.1) is 12.3 Å². The van der Waals surface area contributed by atoms with E-state index in [0.29, 0.717) is 0 Å². The van der Waals surface area contributed by atoms with E-state index < -0.39 is 0 Å². The summed E-state index contributed by atoms with van der Waals surface area (Å²) in [6, 6.07) is 2.21. The van der Waals surface area contributed by atoms with E-state index in [9.17, 15) is 0 Å². The largest absolute Gasteiger partial charge is 0.330 e. The van der Waals surface area contributed by atoms with E-state index >= 15 is 0 Å². The Morgan fingerprint density at radius 2 is 1.94 bits per heavy atom. The number of nitrogens with two attached hydrogens (primary N) is 1. The molecule has 2 nitrogen and oxygen atoms in total. The van der Waals surface area contributed by atoms with Crippen molar-refractivity contribution in [1.82, 2.24) is 5.32 Å². The summed E-state index contributed by atoms with van der Waals surface area (Å²) in [4.78, 5) is 1.49. The molecule has 0 amide bonds. The second-order valence-electron chi connectivity index (χ2n) is 6.61. The van der Waals surface area contributed by atoms with Gasteiger partial charge in [-0.2, -0.15) is 0 Å². The Kier molecular flexibility index (Phi) is 5.38. The van der Waals surface area contributed by atoms with Gasteiger partial charge in [0.25, 0.3) is 0 Å². The standard InChI is InChI=1S/C15H28N2S/c1-12-6-9-18-13(12)15(4,5)11-17-8-7-14(2,3)10-16/h6,9,17H,7-8,10-11,16H2,1-5H3. The molecular formula is C15H28N2S. The summed E-state index contributed by atoms with van der Waals surface area (Å²) in [6.07, 6.45) is 1.13. The van der Waals surface area contributed by atoms with Gasteiger partial charge in [-0.25, -0.2) is 0 Å². The lowest BCUT2D eigenvalue weighted by atomic mass is 9.88. The Bertz CT molecular complexity index is 366. The van der Waals surface area contributed by atoms with Crippen molar-refractivity contribution >= 4 is 11.3 Å². The fourth-order valence-electron chi connectivity index (χ4n) is 2.08. The lowest BCUT2D eigenvalue weighted by Crippen LogP contribution is -2.35. The van der Waals surface area contributed by atoms with Crippen molar-refractivity contribution < 1.29 is 0 Å². The Morgan fingerprint density at radius 1 is 1.28 bits per heavy atom. The smallest absolute Gasteiger partial charge is 0.0143 e. The molecule has 0 saturated carbocycles.